The molecule has 2 heterocycles. The molecule has 0 saturated heterocycles. The molecule has 158 valence electrons. The predicted molar refractivity (Wildman–Crippen MR) is 102 cm³/mol. The second-order valence-corrected chi connectivity index (χ2v) is 7.80. The number of oxazole rings is 1. The highest BCUT2D eigenvalue weighted by atomic mass is 19.1. The van der Waals surface area contributed by atoms with Crippen molar-refractivity contribution in [3.8, 4) is 11.3 Å². The van der Waals surface area contributed by atoms with Gasteiger partial charge in [-0.1, -0.05) is 19.0 Å². The second-order valence-electron chi connectivity index (χ2n) is 7.80. The third-order valence-corrected chi connectivity index (χ3v) is 4.97. The number of aryl methyl sites for hydroxylation is 1. The summed E-state index contributed by atoms with van der Waals surface area (Å²) in [5, 5.41) is 6.93. The van der Waals surface area contributed by atoms with Gasteiger partial charge in [-0.2, -0.15) is 4.98 Å². The van der Waals surface area contributed by atoms with Crippen molar-refractivity contribution in [2.75, 3.05) is 0 Å². The number of benzene rings is 1. The van der Waals surface area contributed by atoms with Crippen molar-refractivity contribution in [1.82, 2.24) is 20.4 Å². The van der Waals surface area contributed by atoms with Crippen molar-refractivity contribution < 1.29 is 22.5 Å². The number of nitrogens with zero attached hydrogens (tertiary/aromatic N) is 3. The number of aromatic nitrogens is 3. The predicted octanol–water partition coefficient (Wildman–Crippen LogP) is 4.33. The van der Waals surface area contributed by atoms with Crippen LogP contribution in [0.4, 0.5) is 8.78 Å². The second kappa shape index (κ2) is 8.33. The van der Waals surface area contributed by atoms with Gasteiger partial charge in [0.15, 0.2) is 17.5 Å². The first kappa shape index (κ1) is 20.2. The smallest absolute Gasteiger partial charge is 0.249 e. The molecule has 9 heteroatoms. The van der Waals surface area contributed by atoms with Gasteiger partial charge in [0.05, 0.1) is 11.8 Å². The molecule has 7 nitrogen and oxygen atoms in total. The standard InChI is InChI=1S/C21H22F2N4O3/c1-11(2)19(21-26-20(27-30-21)12-3-4-12)25-17(28)7-8-18-24-10-16(29-18)14-6-5-13(22)9-15(14)23/h5-6,9-12,19H,3-4,7-8H2,1-2H3,(H,25,28). The molecule has 0 spiro atoms. The molecule has 1 fully saturated rings. The highest BCUT2D eigenvalue weighted by molar-refractivity contribution is 5.76. The van der Waals surface area contributed by atoms with Gasteiger partial charge in [-0.15, -0.1) is 0 Å². The fourth-order valence-corrected chi connectivity index (χ4v) is 3.10. The summed E-state index contributed by atoms with van der Waals surface area (Å²) in [6.45, 7) is 3.92. The van der Waals surface area contributed by atoms with E-state index in [1.807, 2.05) is 13.8 Å². The highest BCUT2D eigenvalue weighted by Gasteiger charge is 2.31. The SMILES string of the molecule is CC(C)C(NC(=O)CCc1ncc(-c2ccc(F)cc2F)o1)c1nc(C2CC2)no1. The topological polar surface area (TPSA) is 94.1 Å². The van der Waals surface area contributed by atoms with E-state index in [2.05, 4.69) is 20.4 Å². The van der Waals surface area contributed by atoms with Gasteiger partial charge in [0.25, 0.3) is 0 Å². The van der Waals surface area contributed by atoms with E-state index in [9.17, 15) is 13.6 Å². The van der Waals surface area contributed by atoms with Crippen molar-refractivity contribution in [2.45, 2.75) is 51.5 Å². The van der Waals surface area contributed by atoms with Crippen LogP contribution in [0.15, 0.2) is 33.3 Å². The Labute approximate surface area is 171 Å². The van der Waals surface area contributed by atoms with Crippen molar-refractivity contribution in [3.63, 3.8) is 0 Å². The van der Waals surface area contributed by atoms with Crippen molar-refractivity contribution >= 4 is 5.91 Å². The Balaban J connectivity index is 1.36. The molecular formula is C21H22F2N4O3. The first-order valence-corrected chi connectivity index (χ1v) is 9.93. The van der Waals surface area contributed by atoms with Gasteiger partial charge in [0, 0.05) is 24.8 Å². The van der Waals surface area contributed by atoms with Gasteiger partial charge < -0.3 is 14.3 Å². The Morgan fingerprint density at radius 2 is 2.10 bits per heavy atom. The summed E-state index contributed by atoms with van der Waals surface area (Å²) < 4.78 is 37.8. The van der Waals surface area contributed by atoms with E-state index in [1.54, 1.807) is 0 Å². The number of nitrogens with one attached hydrogen (secondary N) is 1. The third kappa shape index (κ3) is 4.55. The van der Waals surface area contributed by atoms with Crippen LogP contribution in [-0.2, 0) is 11.2 Å². The number of amides is 1. The molecule has 1 unspecified atom stereocenters. The summed E-state index contributed by atoms with van der Waals surface area (Å²) in [6, 6.07) is 2.83. The average molecular weight is 416 g/mol. The van der Waals surface area contributed by atoms with Crippen LogP contribution in [-0.4, -0.2) is 21.0 Å². The van der Waals surface area contributed by atoms with Crippen LogP contribution < -0.4 is 5.32 Å². The Hall–Kier alpha value is -3.10. The summed E-state index contributed by atoms with van der Waals surface area (Å²) in [4.78, 5) is 21.0. The number of carbonyl (C=O) groups is 1. The molecular weight excluding hydrogens is 394 g/mol. The minimum Gasteiger partial charge on any atom is -0.441 e. The van der Waals surface area contributed by atoms with Gasteiger partial charge in [-0.3, -0.25) is 4.79 Å². The Morgan fingerprint density at radius 3 is 2.80 bits per heavy atom. The lowest BCUT2D eigenvalue weighted by Crippen LogP contribution is -2.32. The summed E-state index contributed by atoms with van der Waals surface area (Å²) in [6.07, 6.45) is 3.85. The maximum Gasteiger partial charge on any atom is 0.249 e. The summed E-state index contributed by atoms with van der Waals surface area (Å²) in [5.41, 5.74) is 0.113. The lowest BCUT2D eigenvalue weighted by Gasteiger charge is -2.18. The largest absolute Gasteiger partial charge is 0.441 e. The molecule has 2 aromatic heterocycles. The van der Waals surface area contributed by atoms with Crippen LogP contribution in [0.5, 0.6) is 0 Å². The molecule has 3 aromatic rings. The molecule has 30 heavy (non-hydrogen) atoms. The molecule has 0 aliphatic heterocycles. The molecule has 4 rings (SSSR count). The van der Waals surface area contributed by atoms with Crippen LogP contribution in [0.25, 0.3) is 11.3 Å². The molecule has 1 aliphatic carbocycles. The van der Waals surface area contributed by atoms with Crippen LogP contribution in [0.1, 0.15) is 62.7 Å². The van der Waals surface area contributed by atoms with E-state index in [1.165, 1.54) is 12.3 Å². The number of hydrogen-bond acceptors (Lipinski definition) is 6. The molecule has 1 atom stereocenters. The van der Waals surface area contributed by atoms with E-state index < -0.39 is 11.6 Å². The quantitative estimate of drug-likeness (QED) is 0.588. The van der Waals surface area contributed by atoms with Crippen molar-refractivity contribution in [1.29, 1.82) is 0 Å². The van der Waals surface area contributed by atoms with Gasteiger partial charge >= 0.3 is 0 Å². The van der Waals surface area contributed by atoms with Gasteiger partial charge in [-0.05, 0) is 30.9 Å². The highest BCUT2D eigenvalue weighted by Crippen LogP contribution is 2.38. The molecule has 1 aromatic carbocycles. The van der Waals surface area contributed by atoms with Crippen molar-refractivity contribution in [2.24, 2.45) is 5.92 Å². The molecule has 0 radical (unpaired) electrons. The van der Waals surface area contributed by atoms with E-state index in [0.29, 0.717) is 23.5 Å². The summed E-state index contributed by atoms with van der Waals surface area (Å²) >= 11 is 0. The van der Waals surface area contributed by atoms with Crippen LogP contribution >= 0.6 is 0 Å². The third-order valence-electron chi connectivity index (χ3n) is 4.97. The van der Waals surface area contributed by atoms with Crippen LogP contribution in [0, 0.1) is 17.6 Å². The molecule has 1 aliphatic rings. The minimum atomic E-state index is -0.736. The van der Waals surface area contributed by atoms with Gasteiger partial charge in [0.2, 0.25) is 11.8 Å². The average Bonchev–Trinajstić information content (AvgIpc) is 3.24. The monoisotopic (exact) mass is 416 g/mol. The maximum atomic E-state index is 13.9. The number of hydrogen-bond donors (Lipinski definition) is 1. The molecule has 0 bridgehead atoms. The fraction of sp³-hybridized carbons (Fsp3) is 0.429. The first-order chi connectivity index (χ1) is 14.4. The van der Waals surface area contributed by atoms with E-state index in [4.69, 9.17) is 8.94 Å². The Morgan fingerprint density at radius 1 is 1.30 bits per heavy atom. The Bertz CT molecular complexity index is 1040. The Kier molecular flexibility index (Phi) is 5.61. The van der Waals surface area contributed by atoms with Crippen molar-refractivity contribution in [3.05, 3.63) is 53.6 Å². The minimum absolute atomic E-state index is 0.0660. The maximum absolute atomic E-state index is 13.9. The zero-order valence-corrected chi connectivity index (χ0v) is 16.7. The van der Waals surface area contributed by atoms with E-state index in [0.717, 1.165) is 25.0 Å². The molecule has 1 N–H and O–H groups in total. The number of halogens is 2. The molecule has 1 saturated carbocycles. The zero-order chi connectivity index (χ0) is 21.3. The summed E-state index contributed by atoms with van der Waals surface area (Å²) in [5.74, 6) is 0.397. The van der Waals surface area contributed by atoms with Gasteiger partial charge in [0.1, 0.15) is 17.7 Å². The first-order valence-electron chi connectivity index (χ1n) is 9.93. The zero-order valence-electron chi connectivity index (χ0n) is 16.7. The van der Waals surface area contributed by atoms with Crippen LogP contribution in [0.2, 0.25) is 0 Å². The number of carbonyl (C=O) groups excluding carboxylic acids is 1. The lowest BCUT2D eigenvalue weighted by atomic mass is 10.0. The summed E-state index contributed by atoms with van der Waals surface area (Å²) in [7, 11) is 0. The van der Waals surface area contributed by atoms with E-state index in [-0.39, 0.29) is 42.0 Å². The fourth-order valence-electron chi connectivity index (χ4n) is 3.10. The van der Waals surface area contributed by atoms with Gasteiger partial charge in [-0.25, -0.2) is 13.8 Å². The normalized spacial score (nSPS) is 14.8. The molecule has 1 amide bonds. The van der Waals surface area contributed by atoms with E-state index >= 15 is 0 Å². The number of rotatable bonds is 8. The lowest BCUT2D eigenvalue weighted by molar-refractivity contribution is -0.122. The van der Waals surface area contributed by atoms with Crippen LogP contribution in [0.3, 0.4) is 0 Å².